The summed E-state index contributed by atoms with van der Waals surface area (Å²) in [6.45, 7) is 8.12. The van der Waals surface area contributed by atoms with E-state index in [1.165, 1.54) is 17.0 Å². The Morgan fingerprint density at radius 2 is 1.83 bits per heavy atom. The van der Waals surface area contributed by atoms with Gasteiger partial charge in [-0.1, -0.05) is 38.3 Å². The minimum Gasteiger partial charge on any atom is -0.508 e. The molecule has 4 N–H and O–H groups in total. The molecule has 1 aromatic carbocycles. The number of rotatable bonds is 9. The van der Waals surface area contributed by atoms with Crippen LogP contribution in [-0.4, -0.2) is 63.4 Å². The zero-order chi connectivity index (χ0) is 26.2. The van der Waals surface area contributed by atoms with Gasteiger partial charge in [0.2, 0.25) is 11.8 Å². The molecular formula is C26H41N3O6. The predicted octanol–water partition coefficient (Wildman–Crippen LogP) is 3.39. The van der Waals surface area contributed by atoms with Crippen molar-refractivity contribution in [3.05, 3.63) is 29.8 Å². The van der Waals surface area contributed by atoms with Crippen molar-refractivity contribution in [1.82, 2.24) is 15.5 Å². The van der Waals surface area contributed by atoms with Gasteiger partial charge in [0.15, 0.2) is 0 Å². The molecule has 9 heteroatoms. The van der Waals surface area contributed by atoms with Crippen molar-refractivity contribution in [1.29, 1.82) is 0 Å². The molecule has 196 valence electrons. The number of hydrogen-bond donors (Lipinski definition) is 4. The van der Waals surface area contributed by atoms with Crippen LogP contribution in [0.5, 0.6) is 5.75 Å². The van der Waals surface area contributed by atoms with Crippen molar-refractivity contribution in [2.45, 2.75) is 103 Å². The number of benzene rings is 1. The van der Waals surface area contributed by atoms with E-state index in [2.05, 4.69) is 10.6 Å². The quantitative estimate of drug-likeness (QED) is 0.419. The molecule has 1 saturated carbocycles. The molecule has 0 spiro atoms. The van der Waals surface area contributed by atoms with Crippen LogP contribution >= 0.6 is 0 Å². The molecule has 0 radical (unpaired) electrons. The molecule has 0 aliphatic heterocycles. The zero-order valence-corrected chi connectivity index (χ0v) is 21.5. The maximum absolute atomic E-state index is 13.7. The number of ether oxygens (including phenoxy) is 1. The average Bonchev–Trinajstić information content (AvgIpc) is 2.79. The number of nitrogens with one attached hydrogen (secondary N) is 2. The second-order valence-corrected chi connectivity index (χ2v) is 10.2. The van der Waals surface area contributed by atoms with E-state index in [9.17, 15) is 24.6 Å². The second kappa shape index (κ2) is 12.8. The topological polar surface area (TPSA) is 128 Å². The highest BCUT2D eigenvalue weighted by Gasteiger charge is 2.39. The van der Waals surface area contributed by atoms with Gasteiger partial charge in [0.25, 0.3) is 0 Å². The maximum Gasteiger partial charge on any atom is 0.408 e. The number of nitrogens with zero attached hydrogens (tertiary/aromatic N) is 1. The van der Waals surface area contributed by atoms with Gasteiger partial charge in [0.1, 0.15) is 23.4 Å². The van der Waals surface area contributed by atoms with Crippen molar-refractivity contribution in [2.24, 2.45) is 0 Å². The number of carbonyl (C=O) groups excluding carboxylic acids is 3. The van der Waals surface area contributed by atoms with Crippen LogP contribution in [0, 0.1) is 0 Å². The lowest BCUT2D eigenvalue weighted by atomic mass is 9.94. The Labute approximate surface area is 208 Å². The second-order valence-electron chi connectivity index (χ2n) is 10.2. The normalized spacial score (nSPS) is 17.1. The van der Waals surface area contributed by atoms with E-state index in [-0.39, 0.29) is 17.7 Å². The number of phenolic OH excluding ortho intramolecular Hbond substituents is 1. The van der Waals surface area contributed by atoms with Crippen LogP contribution in [0.25, 0.3) is 0 Å². The molecule has 0 saturated heterocycles. The molecule has 35 heavy (non-hydrogen) atoms. The van der Waals surface area contributed by atoms with Crippen molar-refractivity contribution < 1.29 is 29.3 Å². The summed E-state index contributed by atoms with van der Waals surface area (Å²) < 4.78 is 5.25. The van der Waals surface area contributed by atoms with Crippen LogP contribution in [0.1, 0.15) is 84.7 Å². The van der Waals surface area contributed by atoms with Crippen LogP contribution in [0.15, 0.2) is 24.3 Å². The predicted molar refractivity (Wildman–Crippen MR) is 133 cm³/mol. The highest BCUT2D eigenvalue weighted by molar-refractivity contribution is 5.92. The lowest BCUT2D eigenvalue weighted by molar-refractivity contribution is -0.146. The number of carbonyl (C=O) groups is 3. The monoisotopic (exact) mass is 491 g/mol. The Morgan fingerprint density at radius 1 is 1.17 bits per heavy atom. The molecule has 1 aliphatic carbocycles. The third-order valence-electron chi connectivity index (χ3n) is 6.16. The molecule has 3 amide bonds. The highest BCUT2D eigenvalue weighted by Crippen LogP contribution is 2.29. The largest absolute Gasteiger partial charge is 0.508 e. The third-order valence-corrected chi connectivity index (χ3v) is 6.16. The number of aliphatic hydroxyl groups excluding tert-OH is 1. The average molecular weight is 492 g/mol. The highest BCUT2D eigenvalue weighted by atomic mass is 16.6. The first kappa shape index (κ1) is 28.4. The first-order chi connectivity index (χ1) is 16.5. The molecule has 0 heterocycles. The van der Waals surface area contributed by atoms with Crippen molar-refractivity contribution >= 4 is 17.9 Å². The van der Waals surface area contributed by atoms with Crippen LogP contribution in [0.4, 0.5) is 4.79 Å². The molecule has 2 rings (SSSR count). The summed E-state index contributed by atoms with van der Waals surface area (Å²) in [7, 11) is 0. The number of aliphatic hydroxyl groups is 1. The third kappa shape index (κ3) is 8.42. The molecule has 9 nitrogen and oxygen atoms in total. The van der Waals surface area contributed by atoms with Gasteiger partial charge in [-0.15, -0.1) is 0 Å². The summed E-state index contributed by atoms with van der Waals surface area (Å²) in [6.07, 6.45) is 4.63. The van der Waals surface area contributed by atoms with Gasteiger partial charge in [0, 0.05) is 12.1 Å². The van der Waals surface area contributed by atoms with E-state index >= 15 is 0 Å². The Bertz CT molecular complexity index is 863. The van der Waals surface area contributed by atoms with E-state index in [0.29, 0.717) is 12.0 Å². The number of aromatic hydroxyl groups is 1. The molecule has 0 bridgehead atoms. The Balaban J connectivity index is 2.42. The number of alkyl carbamates (subject to hydrolysis) is 1. The van der Waals surface area contributed by atoms with Crippen molar-refractivity contribution in [2.75, 3.05) is 6.61 Å². The molecule has 1 aliphatic rings. The van der Waals surface area contributed by atoms with Gasteiger partial charge in [-0.25, -0.2) is 4.79 Å². The summed E-state index contributed by atoms with van der Waals surface area (Å²) >= 11 is 0. The standard InChI is InChI=1S/C26H41N3O6/c1-6-17(2)29(24(33)21(16-30)28-25(34)35-26(3,4)5)22(18-11-10-14-20(31)15-18)23(32)27-19-12-8-7-9-13-19/h10-11,14-15,17,19,21-22,30-31H,6-9,12-13,16H2,1-5H3,(H,27,32)(H,28,34). The van der Waals surface area contributed by atoms with Crippen LogP contribution in [0.3, 0.4) is 0 Å². The molecule has 1 aromatic rings. The van der Waals surface area contributed by atoms with Gasteiger partial charge in [-0.05, 0) is 64.7 Å². The Kier molecular flexibility index (Phi) is 10.4. The first-order valence-electron chi connectivity index (χ1n) is 12.5. The SMILES string of the molecule is CCC(C)N(C(=O)C(CO)NC(=O)OC(C)(C)C)C(C(=O)NC1CCCCC1)c1cccc(O)c1. The summed E-state index contributed by atoms with van der Waals surface area (Å²) in [5.74, 6) is -0.995. The Morgan fingerprint density at radius 3 is 2.37 bits per heavy atom. The van der Waals surface area contributed by atoms with Gasteiger partial charge >= 0.3 is 6.09 Å². The summed E-state index contributed by atoms with van der Waals surface area (Å²) in [5, 5.41) is 25.6. The summed E-state index contributed by atoms with van der Waals surface area (Å²) in [5.41, 5.74) is -0.339. The minimum absolute atomic E-state index is 0.0125. The van der Waals surface area contributed by atoms with E-state index in [1.54, 1.807) is 32.9 Å². The van der Waals surface area contributed by atoms with E-state index in [4.69, 9.17) is 4.74 Å². The lowest BCUT2D eigenvalue weighted by Gasteiger charge is -2.38. The van der Waals surface area contributed by atoms with E-state index < -0.39 is 42.3 Å². The minimum atomic E-state index is -1.30. The molecule has 3 atom stereocenters. The van der Waals surface area contributed by atoms with Gasteiger partial charge in [-0.3, -0.25) is 9.59 Å². The van der Waals surface area contributed by atoms with E-state index in [1.807, 2.05) is 13.8 Å². The van der Waals surface area contributed by atoms with Gasteiger partial charge < -0.3 is 30.5 Å². The number of amides is 3. The lowest BCUT2D eigenvalue weighted by Crippen LogP contribution is -2.57. The van der Waals surface area contributed by atoms with Crippen LogP contribution in [-0.2, 0) is 14.3 Å². The fourth-order valence-electron chi connectivity index (χ4n) is 4.27. The van der Waals surface area contributed by atoms with Gasteiger partial charge in [0.05, 0.1) is 6.61 Å². The van der Waals surface area contributed by atoms with Gasteiger partial charge in [-0.2, -0.15) is 0 Å². The molecular weight excluding hydrogens is 450 g/mol. The molecule has 0 aromatic heterocycles. The number of phenols is 1. The fourth-order valence-corrected chi connectivity index (χ4v) is 4.27. The first-order valence-corrected chi connectivity index (χ1v) is 12.5. The van der Waals surface area contributed by atoms with E-state index in [0.717, 1.165) is 32.1 Å². The fraction of sp³-hybridized carbons (Fsp3) is 0.654. The van der Waals surface area contributed by atoms with Crippen molar-refractivity contribution in [3.63, 3.8) is 0 Å². The van der Waals surface area contributed by atoms with Crippen LogP contribution < -0.4 is 10.6 Å². The Hall–Kier alpha value is -2.81. The van der Waals surface area contributed by atoms with Crippen LogP contribution in [0.2, 0.25) is 0 Å². The van der Waals surface area contributed by atoms with Crippen molar-refractivity contribution in [3.8, 4) is 5.75 Å². The maximum atomic E-state index is 13.7. The summed E-state index contributed by atoms with van der Waals surface area (Å²) in [6, 6.07) is 3.51. The zero-order valence-electron chi connectivity index (χ0n) is 21.5. The molecule has 3 unspecified atom stereocenters. The smallest absolute Gasteiger partial charge is 0.408 e. The number of hydrogen-bond acceptors (Lipinski definition) is 6. The molecule has 1 fully saturated rings. The summed E-state index contributed by atoms with van der Waals surface area (Å²) in [4.78, 5) is 41.1.